The third-order valence-corrected chi connectivity index (χ3v) is 5.03. The second-order valence-electron chi connectivity index (χ2n) is 6.60. The van der Waals surface area contributed by atoms with E-state index in [1.165, 1.54) is 18.9 Å². The Bertz CT molecular complexity index is 1210. The quantitative estimate of drug-likeness (QED) is 0.373. The summed E-state index contributed by atoms with van der Waals surface area (Å²) in [4.78, 5) is 29.1. The Labute approximate surface area is 187 Å². The van der Waals surface area contributed by atoms with E-state index in [9.17, 15) is 9.59 Å². The van der Waals surface area contributed by atoms with Gasteiger partial charge in [0.25, 0.3) is 5.56 Å². The lowest BCUT2D eigenvalue weighted by atomic mass is 10.2. The highest BCUT2D eigenvalue weighted by Crippen LogP contribution is 2.28. The van der Waals surface area contributed by atoms with Crippen LogP contribution in [0.25, 0.3) is 10.9 Å². The molecule has 0 saturated heterocycles. The highest BCUT2D eigenvalue weighted by Gasteiger charge is 2.17. The Kier molecular flexibility index (Phi) is 7.06. The predicted octanol–water partition coefficient (Wildman–Crippen LogP) is 3.55. The highest BCUT2D eigenvalue weighted by molar-refractivity contribution is 9.10. The predicted molar refractivity (Wildman–Crippen MR) is 121 cm³/mol. The summed E-state index contributed by atoms with van der Waals surface area (Å²) in [5.41, 5.74) is 1.05. The maximum Gasteiger partial charge on any atom is 0.346 e. The van der Waals surface area contributed by atoms with Crippen molar-refractivity contribution < 1.29 is 19.0 Å². The van der Waals surface area contributed by atoms with Gasteiger partial charge >= 0.3 is 5.97 Å². The van der Waals surface area contributed by atoms with E-state index in [1.807, 2.05) is 13.0 Å². The molecule has 0 radical (unpaired) electrons. The van der Waals surface area contributed by atoms with E-state index < -0.39 is 12.1 Å². The summed E-state index contributed by atoms with van der Waals surface area (Å²) in [6, 6.07) is 10.5. The molecular weight excluding hydrogens is 466 g/mol. The maximum absolute atomic E-state index is 13.0. The Morgan fingerprint density at radius 3 is 2.68 bits per heavy atom. The summed E-state index contributed by atoms with van der Waals surface area (Å²) in [7, 11) is 2.79. The molecule has 9 heteroatoms. The molecular formula is C22H22BrN3O5. The van der Waals surface area contributed by atoms with Gasteiger partial charge in [0.05, 0.1) is 31.3 Å². The largest absolute Gasteiger partial charge is 0.493 e. The third kappa shape index (κ3) is 4.93. The van der Waals surface area contributed by atoms with Gasteiger partial charge in [-0.25, -0.2) is 9.78 Å². The van der Waals surface area contributed by atoms with Gasteiger partial charge in [-0.1, -0.05) is 22.9 Å². The number of fused-ring (bicyclic) bond motifs is 1. The lowest BCUT2D eigenvalue weighted by Gasteiger charge is -2.15. The zero-order valence-corrected chi connectivity index (χ0v) is 19.2. The van der Waals surface area contributed by atoms with Crippen LogP contribution >= 0.6 is 15.9 Å². The monoisotopic (exact) mass is 487 g/mol. The van der Waals surface area contributed by atoms with Crippen LogP contribution in [0.4, 0.5) is 0 Å². The maximum atomic E-state index is 13.0. The van der Waals surface area contributed by atoms with Gasteiger partial charge < -0.3 is 14.2 Å². The average Bonchev–Trinajstić information content (AvgIpc) is 2.78. The van der Waals surface area contributed by atoms with Crippen LogP contribution in [0.5, 0.6) is 11.5 Å². The third-order valence-electron chi connectivity index (χ3n) is 4.54. The number of rotatable bonds is 7. The van der Waals surface area contributed by atoms with Crippen molar-refractivity contribution in [3.63, 3.8) is 0 Å². The number of aromatic nitrogens is 2. The molecule has 0 fully saturated rings. The molecule has 0 unspecified atom stereocenters. The van der Waals surface area contributed by atoms with E-state index in [0.717, 1.165) is 4.47 Å². The van der Waals surface area contributed by atoms with Crippen molar-refractivity contribution in [2.24, 2.45) is 5.10 Å². The number of carbonyl (C=O) groups is 1. The number of hydrogen-bond acceptors (Lipinski definition) is 7. The van der Waals surface area contributed by atoms with Crippen LogP contribution in [-0.2, 0) is 16.0 Å². The van der Waals surface area contributed by atoms with Crippen LogP contribution in [0.1, 0.15) is 25.2 Å². The standard InChI is InChI=1S/C22H22BrN3O5/c1-5-20-25-17-8-7-15(23)11-16(17)21(27)26(20)24-12-14-6-9-18(19(10-14)29-3)31-13(2)22(28)30-4/h6-13H,5H2,1-4H3/t13-/m1/s1. The summed E-state index contributed by atoms with van der Waals surface area (Å²) < 4.78 is 17.7. The van der Waals surface area contributed by atoms with Crippen molar-refractivity contribution in [3.8, 4) is 11.5 Å². The van der Waals surface area contributed by atoms with Gasteiger partial charge in [0.15, 0.2) is 17.6 Å². The topological polar surface area (TPSA) is 92.0 Å². The van der Waals surface area contributed by atoms with Crippen molar-refractivity contribution in [3.05, 3.63) is 62.6 Å². The Morgan fingerprint density at radius 1 is 1.23 bits per heavy atom. The molecule has 3 rings (SSSR count). The van der Waals surface area contributed by atoms with Crippen LogP contribution in [-0.4, -0.2) is 42.2 Å². The van der Waals surface area contributed by atoms with Crippen molar-refractivity contribution in [2.45, 2.75) is 26.4 Å². The molecule has 3 aromatic rings. The number of ether oxygens (including phenoxy) is 3. The van der Waals surface area contributed by atoms with Crippen LogP contribution in [0.15, 0.2) is 50.8 Å². The van der Waals surface area contributed by atoms with Crippen LogP contribution < -0.4 is 15.0 Å². The normalized spacial score (nSPS) is 12.2. The van der Waals surface area contributed by atoms with Crippen LogP contribution in [0, 0.1) is 0 Å². The molecule has 0 aliphatic heterocycles. The second-order valence-corrected chi connectivity index (χ2v) is 7.51. The minimum Gasteiger partial charge on any atom is -0.493 e. The molecule has 1 atom stereocenters. The van der Waals surface area contributed by atoms with E-state index in [2.05, 4.69) is 30.8 Å². The molecule has 1 heterocycles. The number of carbonyl (C=O) groups excluding carboxylic acids is 1. The molecule has 0 N–H and O–H groups in total. The van der Waals surface area contributed by atoms with Crippen LogP contribution in [0.3, 0.4) is 0 Å². The molecule has 162 valence electrons. The van der Waals surface area contributed by atoms with Crippen molar-refractivity contribution >= 4 is 39.0 Å². The molecule has 0 spiro atoms. The van der Waals surface area contributed by atoms with Gasteiger partial charge in [-0.05, 0) is 48.9 Å². The zero-order chi connectivity index (χ0) is 22.5. The first-order chi connectivity index (χ1) is 14.9. The minimum atomic E-state index is -0.785. The molecule has 0 aliphatic carbocycles. The number of hydrogen-bond donors (Lipinski definition) is 0. The summed E-state index contributed by atoms with van der Waals surface area (Å²) in [5, 5.41) is 4.84. The van der Waals surface area contributed by atoms with Crippen molar-refractivity contribution in [1.82, 2.24) is 9.66 Å². The second kappa shape index (κ2) is 9.74. The lowest BCUT2D eigenvalue weighted by Crippen LogP contribution is -2.25. The van der Waals surface area contributed by atoms with Gasteiger partial charge in [-0.2, -0.15) is 9.78 Å². The van der Waals surface area contributed by atoms with E-state index in [0.29, 0.717) is 40.2 Å². The van der Waals surface area contributed by atoms with E-state index in [-0.39, 0.29) is 5.56 Å². The number of esters is 1. The first-order valence-electron chi connectivity index (χ1n) is 9.56. The molecule has 2 aromatic carbocycles. The molecule has 31 heavy (non-hydrogen) atoms. The SMILES string of the molecule is CCc1nc2ccc(Br)cc2c(=O)n1N=Cc1ccc(O[C@H](C)C(=O)OC)c(OC)c1. The first kappa shape index (κ1) is 22.5. The summed E-state index contributed by atoms with van der Waals surface area (Å²) in [5.74, 6) is 0.869. The fourth-order valence-corrected chi connectivity index (χ4v) is 3.29. The van der Waals surface area contributed by atoms with E-state index in [4.69, 9.17) is 9.47 Å². The highest BCUT2D eigenvalue weighted by atomic mass is 79.9. The van der Waals surface area contributed by atoms with Crippen molar-refractivity contribution in [2.75, 3.05) is 14.2 Å². The molecule has 0 bridgehead atoms. The molecule has 8 nitrogen and oxygen atoms in total. The summed E-state index contributed by atoms with van der Waals surface area (Å²) in [6.07, 6.45) is 1.30. The number of aryl methyl sites for hydroxylation is 1. The van der Waals surface area contributed by atoms with Gasteiger partial charge in [0.1, 0.15) is 5.82 Å². The smallest absolute Gasteiger partial charge is 0.346 e. The van der Waals surface area contributed by atoms with E-state index in [1.54, 1.807) is 43.5 Å². The Morgan fingerprint density at radius 2 is 2.00 bits per heavy atom. The van der Waals surface area contributed by atoms with Gasteiger partial charge in [0, 0.05) is 10.9 Å². The first-order valence-corrected chi connectivity index (χ1v) is 10.3. The van der Waals surface area contributed by atoms with Gasteiger partial charge in [-0.3, -0.25) is 4.79 Å². The Balaban J connectivity index is 1.96. The molecule has 0 aliphatic rings. The summed E-state index contributed by atoms with van der Waals surface area (Å²) in [6.45, 7) is 3.50. The number of benzene rings is 2. The van der Waals surface area contributed by atoms with Gasteiger partial charge in [-0.15, -0.1) is 0 Å². The number of nitrogens with zero attached hydrogens (tertiary/aromatic N) is 3. The van der Waals surface area contributed by atoms with Crippen molar-refractivity contribution in [1.29, 1.82) is 0 Å². The number of halogens is 1. The molecule has 0 saturated carbocycles. The fraction of sp³-hybridized carbons (Fsp3) is 0.273. The molecule has 1 aromatic heterocycles. The number of methoxy groups -OCH3 is 2. The fourth-order valence-electron chi connectivity index (χ4n) is 2.93. The minimum absolute atomic E-state index is 0.252. The van der Waals surface area contributed by atoms with Gasteiger partial charge in [0.2, 0.25) is 0 Å². The van der Waals surface area contributed by atoms with Crippen LogP contribution in [0.2, 0.25) is 0 Å². The zero-order valence-electron chi connectivity index (χ0n) is 17.6. The lowest BCUT2D eigenvalue weighted by molar-refractivity contribution is -0.147. The molecule has 0 amide bonds. The average molecular weight is 488 g/mol. The Hall–Kier alpha value is -3.20. The van der Waals surface area contributed by atoms with E-state index >= 15 is 0 Å². The summed E-state index contributed by atoms with van der Waals surface area (Å²) >= 11 is 3.39.